The van der Waals surface area contributed by atoms with Crippen LogP contribution in [0.2, 0.25) is 0 Å². The summed E-state index contributed by atoms with van der Waals surface area (Å²) in [5.74, 6) is 0.0764. The Morgan fingerprint density at radius 1 is 1.64 bits per heavy atom. The smallest absolute Gasteiger partial charge is 0.251 e. The van der Waals surface area contributed by atoms with Crippen molar-refractivity contribution in [3.05, 3.63) is 0 Å². The van der Waals surface area contributed by atoms with Crippen molar-refractivity contribution in [3.63, 3.8) is 0 Å². The van der Waals surface area contributed by atoms with Crippen molar-refractivity contribution in [2.75, 3.05) is 20.6 Å². The Balaban J connectivity index is 2.28. The summed E-state index contributed by atoms with van der Waals surface area (Å²) in [7, 11) is 3.62. The van der Waals surface area contributed by atoms with Crippen LogP contribution in [0.5, 0.6) is 0 Å². The van der Waals surface area contributed by atoms with E-state index in [1.54, 1.807) is 5.01 Å². The third kappa shape index (κ3) is 2.48. The molecule has 0 spiro atoms. The van der Waals surface area contributed by atoms with Crippen molar-refractivity contribution in [3.8, 4) is 0 Å². The van der Waals surface area contributed by atoms with Gasteiger partial charge in [-0.05, 0) is 19.4 Å². The Kier molecular flexibility index (Phi) is 2.84. The summed E-state index contributed by atoms with van der Waals surface area (Å²) in [5, 5.41) is 4.79. The molecule has 2 N–H and O–H groups in total. The van der Waals surface area contributed by atoms with Gasteiger partial charge in [0, 0.05) is 14.1 Å². The van der Waals surface area contributed by atoms with Gasteiger partial charge in [0.1, 0.15) is 0 Å². The Morgan fingerprint density at radius 3 is 2.82 bits per heavy atom. The molecule has 0 saturated carbocycles. The first-order chi connectivity index (χ1) is 5.20. The maximum absolute atomic E-state index is 11.2. The van der Waals surface area contributed by atoms with Crippen molar-refractivity contribution in [1.29, 1.82) is 0 Å². The quantitative estimate of drug-likeness (QED) is 0.523. The van der Waals surface area contributed by atoms with Gasteiger partial charge in [-0.25, -0.2) is 5.01 Å². The van der Waals surface area contributed by atoms with E-state index in [9.17, 15) is 4.79 Å². The molecule has 0 unspecified atom stereocenters. The van der Waals surface area contributed by atoms with E-state index in [0.717, 1.165) is 19.4 Å². The third-order valence-corrected chi connectivity index (χ3v) is 1.71. The highest BCUT2D eigenvalue weighted by molar-refractivity contribution is 5.81. The standard InChI is InChI=1S/C7H15N3O/c1-10(2)9-7(11)6-4-3-5-8-6/h6,8H,3-5H2,1-2H3,(H,9,11)/t6-/m0/s1. The van der Waals surface area contributed by atoms with Gasteiger partial charge in [0.15, 0.2) is 0 Å². The van der Waals surface area contributed by atoms with Crippen molar-refractivity contribution >= 4 is 5.91 Å². The summed E-state index contributed by atoms with van der Waals surface area (Å²) in [6.45, 7) is 0.964. The molecule has 0 radical (unpaired) electrons. The Labute approximate surface area is 66.9 Å². The maximum Gasteiger partial charge on any atom is 0.251 e. The molecule has 64 valence electrons. The minimum atomic E-state index is 0.0254. The first-order valence-corrected chi connectivity index (χ1v) is 3.91. The first kappa shape index (κ1) is 8.49. The van der Waals surface area contributed by atoms with Crippen molar-refractivity contribution in [1.82, 2.24) is 15.8 Å². The molecule has 11 heavy (non-hydrogen) atoms. The first-order valence-electron chi connectivity index (χ1n) is 3.91. The van der Waals surface area contributed by atoms with Crippen LogP contribution in [-0.2, 0) is 4.79 Å². The number of hydrogen-bond acceptors (Lipinski definition) is 3. The largest absolute Gasteiger partial charge is 0.306 e. The van der Waals surface area contributed by atoms with E-state index < -0.39 is 0 Å². The van der Waals surface area contributed by atoms with Crippen LogP contribution < -0.4 is 10.7 Å². The SMILES string of the molecule is CN(C)NC(=O)[C@@H]1CCCN1. The molecule has 0 aromatic heterocycles. The maximum atomic E-state index is 11.2. The van der Waals surface area contributed by atoms with Crippen LogP contribution >= 0.6 is 0 Å². The zero-order valence-corrected chi connectivity index (χ0v) is 7.05. The number of amides is 1. The van der Waals surface area contributed by atoms with Gasteiger partial charge in [0.05, 0.1) is 6.04 Å². The van der Waals surface area contributed by atoms with Crippen LogP contribution in [0, 0.1) is 0 Å². The number of nitrogens with zero attached hydrogens (tertiary/aromatic N) is 1. The highest BCUT2D eigenvalue weighted by atomic mass is 16.2. The molecule has 0 aromatic rings. The lowest BCUT2D eigenvalue weighted by Crippen LogP contribution is -2.46. The highest BCUT2D eigenvalue weighted by Crippen LogP contribution is 2.03. The van der Waals surface area contributed by atoms with E-state index in [2.05, 4.69) is 10.7 Å². The van der Waals surface area contributed by atoms with E-state index in [1.807, 2.05) is 14.1 Å². The lowest BCUT2D eigenvalue weighted by Gasteiger charge is -2.15. The van der Waals surface area contributed by atoms with E-state index >= 15 is 0 Å². The molecule has 1 rings (SSSR count). The predicted octanol–water partition coefficient (Wildman–Crippen LogP) is -0.669. The summed E-state index contributed by atoms with van der Waals surface area (Å²) >= 11 is 0. The van der Waals surface area contributed by atoms with Crippen LogP contribution in [0.25, 0.3) is 0 Å². The lowest BCUT2D eigenvalue weighted by molar-refractivity contribution is -0.126. The number of carbonyl (C=O) groups excluding carboxylic acids is 1. The van der Waals surface area contributed by atoms with E-state index in [4.69, 9.17) is 0 Å². The lowest BCUT2D eigenvalue weighted by atomic mass is 10.2. The molecule has 0 bridgehead atoms. The fourth-order valence-corrected chi connectivity index (χ4v) is 1.21. The van der Waals surface area contributed by atoms with Crippen LogP contribution in [0.4, 0.5) is 0 Å². The minimum Gasteiger partial charge on any atom is -0.306 e. The molecular formula is C7H15N3O. The van der Waals surface area contributed by atoms with Crippen molar-refractivity contribution in [2.24, 2.45) is 0 Å². The summed E-state index contributed by atoms with van der Waals surface area (Å²) in [6.07, 6.45) is 2.06. The van der Waals surface area contributed by atoms with Gasteiger partial charge in [-0.3, -0.25) is 10.2 Å². The van der Waals surface area contributed by atoms with Gasteiger partial charge in [0.2, 0.25) is 0 Å². The topological polar surface area (TPSA) is 44.4 Å². The summed E-state index contributed by atoms with van der Waals surface area (Å²) < 4.78 is 0. The van der Waals surface area contributed by atoms with Gasteiger partial charge >= 0.3 is 0 Å². The molecule has 4 heteroatoms. The zero-order valence-electron chi connectivity index (χ0n) is 7.05. The number of rotatable bonds is 2. The number of nitrogens with one attached hydrogen (secondary N) is 2. The second-order valence-electron chi connectivity index (χ2n) is 3.02. The number of carbonyl (C=O) groups is 1. The predicted molar refractivity (Wildman–Crippen MR) is 42.9 cm³/mol. The zero-order chi connectivity index (χ0) is 8.27. The molecule has 1 aliphatic rings. The van der Waals surface area contributed by atoms with Gasteiger partial charge in [0.25, 0.3) is 5.91 Å². The Hall–Kier alpha value is -0.610. The fourth-order valence-electron chi connectivity index (χ4n) is 1.21. The second kappa shape index (κ2) is 3.69. The second-order valence-corrected chi connectivity index (χ2v) is 3.02. The summed E-state index contributed by atoms with van der Waals surface area (Å²) in [5.41, 5.74) is 2.72. The number of hydrogen-bond donors (Lipinski definition) is 2. The van der Waals surface area contributed by atoms with Gasteiger partial charge < -0.3 is 5.32 Å². The van der Waals surface area contributed by atoms with Gasteiger partial charge in [-0.2, -0.15) is 0 Å². The third-order valence-electron chi connectivity index (χ3n) is 1.71. The van der Waals surface area contributed by atoms with Crippen molar-refractivity contribution < 1.29 is 4.79 Å². The molecule has 1 saturated heterocycles. The Bertz CT molecular complexity index is 141. The van der Waals surface area contributed by atoms with Gasteiger partial charge in [-0.15, -0.1) is 0 Å². The molecule has 1 fully saturated rings. The molecule has 1 heterocycles. The molecule has 4 nitrogen and oxygen atoms in total. The summed E-state index contributed by atoms with van der Waals surface area (Å²) in [6, 6.07) is 0.0254. The highest BCUT2D eigenvalue weighted by Gasteiger charge is 2.21. The molecule has 0 aromatic carbocycles. The van der Waals surface area contributed by atoms with E-state index in [-0.39, 0.29) is 11.9 Å². The van der Waals surface area contributed by atoms with Crippen LogP contribution in [0.3, 0.4) is 0 Å². The molecule has 0 aliphatic carbocycles. The molecular weight excluding hydrogens is 142 g/mol. The van der Waals surface area contributed by atoms with E-state index in [1.165, 1.54) is 0 Å². The molecule has 1 amide bonds. The Morgan fingerprint density at radius 2 is 2.36 bits per heavy atom. The monoisotopic (exact) mass is 157 g/mol. The number of hydrazine groups is 1. The van der Waals surface area contributed by atoms with Gasteiger partial charge in [-0.1, -0.05) is 0 Å². The van der Waals surface area contributed by atoms with Crippen LogP contribution in [-0.4, -0.2) is 37.6 Å². The van der Waals surface area contributed by atoms with Crippen molar-refractivity contribution in [2.45, 2.75) is 18.9 Å². The average Bonchev–Trinajstić information content (AvgIpc) is 2.35. The normalized spacial score (nSPS) is 24.1. The average molecular weight is 157 g/mol. The van der Waals surface area contributed by atoms with Crippen LogP contribution in [0.1, 0.15) is 12.8 Å². The van der Waals surface area contributed by atoms with Crippen LogP contribution in [0.15, 0.2) is 0 Å². The van der Waals surface area contributed by atoms with E-state index in [0.29, 0.717) is 0 Å². The summed E-state index contributed by atoms with van der Waals surface area (Å²) in [4.78, 5) is 11.2. The molecule has 1 aliphatic heterocycles. The fraction of sp³-hybridized carbons (Fsp3) is 0.857. The minimum absolute atomic E-state index is 0.0254. The molecule has 1 atom stereocenters.